The van der Waals surface area contributed by atoms with Crippen molar-refractivity contribution in [3.8, 4) is 39.6 Å². The molecule has 4 aromatic rings. The van der Waals surface area contributed by atoms with E-state index in [1.54, 1.807) is 32.0 Å². The van der Waals surface area contributed by atoms with Gasteiger partial charge in [-0.05, 0) is 39.0 Å². The summed E-state index contributed by atoms with van der Waals surface area (Å²) in [6, 6.07) is 6.12. The van der Waals surface area contributed by atoms with Crippen molar-refractivity contribution < 1.29 is 32.3 Å². The van der Waals surface area contributed by atoms with Gasteiger partial charge in [-0.1, -0.05) is 11.2 Å². The minimum atomic E-state index is -4.83. The molecular formula is C25H25F3N6O4. The Bertz CT molecular complexity index is 1430. The molecule has 0 saturated carbocycles. The lowest BCUT2D eigenvalue weighted by Gasteiger charge is -2.15. The van der Waals surface area contributed by atoms with Gasteiger partial charge in [0.25, 0.3) is 5.91 Å². The van der Waals surface area contributed by atoms with E-state index in [0.29, 0.717) is 10.2 Å². The summed E-state index contributed by atoms with van der Waals surface area (Å²) in [5.74, 6) is -0.492. The normalized spacial score (nSPS) is 12.6. The van der Waals surface area contributed by atoms with E-state index in [1.165, 1.54) is 32.6 Å². The Labute approximate surface area is 215 Å². The number of benzene rings is 1. The van der Waals surface area contributed by atoms with Crippen LogP contribution in [-0.2, 0) is 12.7 Å². The molecule has 1 unspecified atom stereocenters. The predicted octanol–water partition coefficient (Wildman–Crippen LogP) is 4.21. The molecule has 4 rings (SSSR count). The third-order valence-electron chi connectivity index (χ3n) is 5.46. The number of hydrogen-bond acceptors (Lipinski definition) is 8. The van der Waals surface area contributed by atoms with Crippen molar-refractivity contribution >= 4 is 5.91 Å². The number of para-hydroxylation sites is 1. The number of alkyl halides is 3. The molecule has 1 atom stereocenters. The van der Waals surface area contributed by atoms with Gasteiger partial charge in [-0.2, -0.15) is 18.3 Å². The smallest absolute Gasteiger partial charge is 0.433 e. The summed E-state index contributed by atoms with van der Waals surface area (Å²) in [6.45, 7) is 4.58. The van der Waals surface area contributed by atoms with Crippen LogP contribution < -0.4 is 10.1 Å². The van der Waals surface area contributed by atoms with Gasteiger partial charge in [-0.3, -0.25) is 9.48 Å². The SMILES string of the molecule is COc1c(C(=O)NC(C)C)cccc1-c1noc(-c2cnn(CC(C)O)c2C(F)(F)F)c1-c1ccncn1. The van der Waals surface area contributed by atoms with Crippen molar-refractivity contribution in [1.29, 1.82) is 0 Å². The van der Waals surface area contributed by atoms with E-state index in [1.807, 2.05) is 0 Å². The third kappa shape index (κ3) is 5.23. The fourth-order valence-electron chi connectivity index (χ4n) is 4.04. The molecule has 0 spiro atoms. The summed E-state index contributed by atoms with van der Waals surface area (Å²) in [5, 5.41) is 20.5. The molecule has 10 nitrogen and oxygen atoms in total. The first kappa shape index (κ1) is 26.8. The number of aliphatic hydroxyl groups is 1. The molecule has 13 heteroatoms. The highest BCUT2D eigenvalue weighted by Crippen LogP contribution is 2.46. The lowest BCUT2D eigenvalue weighted by atomic mass is 9.97. The average Bonchev–Trinajstić information content (AvgIpc) is 3.47. The highest BCUT2D eigenvalue weighted by molar-refractivity contribution is 6.01. The highest BCUT2D eigenvalue weighted by Gasteiger charge is 2.41. The molecule has 0 fully saturated rings. The Balaban J connectivity index is 1.99. The van der Waals surface area contributed by atoms with Crippen LogP contribution in [0.5, 0.6) is 5.75 Å². The van der Waals surface area contributed by atoms with E-state index in [2.05, 4.69) is 25.5 Å². The van der Waals surface area contributed by atoms with E-state index in [4.69, 9.17) is 9.26 Å². The number of carbonyl (C=O) groups is 1. The van der Waals surface area contributed by atoms with Crippen LogP contribution in [0.3, 0.4) is 0 Å². The van der Waals surface area contributed by atoms with E-state index < -0.39 is 29.4 Å². The second-order valence-electron chi connectivity index (χ2n) is 8.78. The molecule has 0 bridgehead atoms. The fraction of sp³-hybridized carbons (Fsp3) is 0.320. The third-order valence-corrected chi connectivity index (χ3v) is 5.46. The molecule has 0 aliphatic carbocycles. The molecule has 38 heavy (non-hydrogen) atoms. The van der Waals surface area contributed by atoms with E-state index in [0.717, 1.165) is 6.20 Å². The number of halogens is 3. The quantitative estimate of drug-likeness (QED) is 0.347. The van der Waals surface area contributed by atoms with E-state index in [9.17, 15) is 23.1 Å². The second kappa shape index (κ2) is 10.6. The summed E-state index contributed by atoms with van der Waals surface area (Å²) < 4.78 is 54.4. The first-order valence-electron chi connectivity index (χ1n) is 11.6. The van der Waals surface area contributed by atoms with Crippen molar-refractivity contribution in [2.75, 3.05) is 7.11 Å². The summed E-state index contributed by atoms with van der Waals surface area (Å²) in [6.07, 6.45) is -2.25. The maximum absolute atomic E-state index is 14.2. The first-order chi connectivity index (χ1) is 18.0. The Morgan fingerprint density at radius 1 is 1.21 bits per heavy atom. The summed E-state index contributed by atoms with van der Waals surface area (Å²) in [5.41, 5.74) is -0.552. The van der Waals surface area contributed by atoms with Crippen LogP contribution in [0.4, 0.5) is 13.2 Å². The number of nitrogens with zero attached hydrogens (tertiary/aromatic N) is 5. The van der Waals surface area contributed by atoms with Crippen molar-refractivity contribution in [3.05, 3.63) is 54.2 Å². The molecule has 1 amide bonds. The van der Waals surface area contributed by atoms with Crippen LogP contribution in [0.25, 0.3) is 33.8 Å². The van der Waals surface area contributed by atoms with Crippen LogP contribution >= 0.6 is 0 Å². The van der Waals surface area contributed by atoms with Crippen LogP contribution in [0.15, 0.2) is 47.5 Å². The fourth-order valence-corrected chi connectivity index (χ4v) is 4.04. The van der Waals surface area contributed by atoms with Gasteiger partial charge in [0.1, 0.15) is 17.8 Å². The zero-order valence-corrected chi connectivity index (χ0v) is 20.9. The van der Waals surface area contributed by atoms with Crippen LogP contribution in [0.2, 0.25) is 0 Å². The summed E-state index contributed by atoms with van der Waals surface area (Å²) in [7, 11) is 1.37. The van der Waals surface area contributed by atoms with Gasteiger partial charge in [0, 0.05) is 17.8 Å². The molecule has 0 aliphatic heterocycles. The zero-order valence-electron chi connectivity index (χ0n) is 20.9. The molecule has 0 radical (unpaired) electrons. The topological polar surface area (TPSA) is 128 Å². The molecular weight excluding hydrogens is 505 g/mol. The lowest BCUT2D eigenvalue weighted by molar-refractivity contribution is -0.144. The maximum atomic E-state index is 14.2. The van der Waals surface area contributed by atoms with Crippen molar-refractivity contribution in [2.24, 2.45) is 0 Å². The average molecular weight is 531 g/mol. The van der Waals surface area contributed by atoms with Gasteiger partial charge in [-0.25, -0.2) is 9.97 Å². The summed E-state index contributed by atoms with van der Waals surface area (Å²) in [4.78, 5) is 20.9. The van der Waals surface area contributed by atoms with Crippen molar-refractivity contribution in [2.45, 2.75) is 45.6 Å². The van der Waals surface area contributed by atoms with Gasteiger partial charge < -0.3 is 19.7 Å². The minimum absolute atomic E-state index is 0.103. The largest absolute Gasteiger partial charge is 0.495 e. The first-order valence-corrected chi connectivity index (χ1v) is 11.6. The number of methoxy groups -OCH3 is 1. The molecule has 2 N–H and O–H groups in total. The number of carbonyl (C=O) groups excluding carboxylic acids is 1. The Kier molecular flexibility index (Phi) is 7.49. The Hall–Kier alpha value is -4.26. The number of hydrogen-bond donors (Lipinski definition) is 2. The summed E-state index contributed by atoms with van der Waals surface area (Å²) >= 11 is 0. The zero-order chi connectivity index (χ0) is 27.6. The van der Waals surface area contributed by atoms with Gasteiger partial charge >= 0.3 is 6.18 Å². The van der Waals surface area contributed by atoms with Gasteiger partial charge in [0.05, 0.1) is 48.3 Å². The number of ether oxygens (including phenoxy) is 1. The standard InChI is InChI=1S/C25H25F3N6O4/c1-13(2)32-24(36)16-7-5-6-15(21(16)37-4)20-19(18-8-9-29-12-30-18)22(38-33-20)17-10-31-34(11-14(3)35)23(17)25(26,27)28/h5-10,12-14,35H,11H2,1-4H3,(H,32,36). The lowest BCUT2D eigenvalue weighted by Crippen LogP contribution is -2.30. The molecule has 0 aliphatic rings. The highest BCUT2D eigenvalue weighted by atomic mass is 19.4. The second-order valence-corrected chi connectivity index (χ2v) is 8.78. The van der Waals surface area contributed by atoms with Gasteiger partial charge in [-0.15, -0.1) is 0 Å². The number of amides is 1. The van der Waals surface area contributed by atoms with Gasteiger partial charge in [0.2, 0.25) is 0 Å². The molecule has 3 heterocycles. The van der Waals surface area contributed by atoms with Crippen molar-refractivity contribution in [1.82, 2.24) is 30.2 Å². The monoisotopic (exact) mass is 530 g/mol. The maximum Gasteiger partial charge on any atom is 0.433 e. The Morgan fingerprint density at radius 2 is 1.97 bits per heavy atom. The number of rotatable bonds is 8. The van der Waals surface area contributed by atoms with Crippen LogP contribution in [0.1, 0.15) is 36.8 Å². The van der Waals surface area contributed by atoms with Crippen molar-refractivity contribution in [3.63, 3.8) is 0 Å². The number of aromatic nitrogens is 5. The number of nitrogens with one attached hydrogen (secondary N) is 1. The van der Waals surface area contributed by atoms with Crippen LogP contribution in [0, 0.1) is 0 Å². The number of aliphatic hydroxyl groups excluding tert-OH is 1. The molecule has 3 aromatic heterocycles. The van der Waals surface area contributed by atoms with Gasteiger partial charge in [0.15, 0.2) is 11.5 Å². The molecule has 200 valence electrons. The van der Waals surface area contributed by atoms with E-state index >= 15 is 0 Å². The van der Waals surface area contributed by atoms with Crippen LogP contribution in [-0.4, -0.2) is 55.2 Å². The minimum Gasteiger partial charge on any atom is -0.495 e. The molecule has 0 saturated heterocycles. The molecule has 1 aromatic carbocycles. The predicted molar refractivity (Wildman–Crippen MR) is 130 cm³/mol. The van der Waals surface area contributed by atoms with E-state index in [-0.39, 0.29) is 46.6 Å². The Morgan fingerprint density at radius 3 is 2.58 bits per heavy atom.